The number of imidazole rings is 2. The normalized spacial score (nSPS) is 15.4. The van der Waals surface area contributed by atoms with Crippen molar-refractivity contribution in [2.75, 3.05) is 121 Å². The summed E-state index contributed by atoms with van der Waals surface area (Å²) in [6, 6.07) is 46.8. The second-order valence-corrected chi connectivity index (χ2v) is 27.4. The highest BCUT2D eigenvalue weighted by Crippen LogP contribution is 2.36. The van der Waals surface area contributed by atoms with Crippen molar-refractivity contribution in [3.05, 3.63) is 190 Å². The molecule has 0 saturated carbocycles. The third-order valence-electron chi connectivity index (χ3n) is 20.0. The second-order valence-electron chi connectivity index (χ2n) is 27.4. The number of nitrogens with two attached hydrogens (primary N) is 1. The summed E-state index contributed by atoms with van der Waals surface area (Å²) >= 11 is 0. The van der Waals surface area contributed by atoms with E-state index in [0.717, 1.165) is 164 Å². The maximum absolute atomic E-state index is 10.8. The monoisotopic (exact) mass is 1440 g/mol. The Labute approximate surface area is 629 Å². The van der Waals surface area contributed by atoms with Crippen LogP contribution >= 0.6 is 0 Å². The molecule has 0 atom stereocenters. The number of likely N-dealkylation sites (tertiary alicyclic amines) is 1. The number of nitrogens with one attached hydrogen (secondary N) is 2. The van der Waals surface area contributed by atoms with Gasteiger partial charge in [0, 0.05) is 117 Å². The van der Waals surface area contributed by atoms with Crippen LogP contribution in [0.1, 0.15) is 67.1 Å². The van der Waals surface area contributed by atoms with E-state index in [2.05, 4.69) is 193 Å². The Balaban J connectivity index is 0.000000133. The van der Waals surface area contributed by atoms with Gasteiger partial charge in [0.2, 0.25) is 0 Å². The lowest BCUT2D eigenvalue weighted by atomic mass is 9.91. The molecule has 4 N–H and O–H groups in total. The average Bonchev–Trinajstić information content (AvgIpc) is 1.48. The van der Waals surface area contributed by atoms with Gasteiger partial charge in [-0.15, -0.1) is 0 Å². The van der Waals surface area contributed by atoms with Crippen LogP contribution in [0.3, 0.4) is 0 Å². The molecule has 0 unspecified atom stereocenters. The number of hydrogen-bond donors (Lipinski definition) is 3. The fourth-order valence-electron chi connectivity index (χ4n) is 13.0. The summed E-state index contributed by atoms with van der Waals surface area (Å²) in [6.45, 7) is 17.7. The number of nitro groups is 1. The average molecular weight is 1450 g/mol. The van der Waals surface area contributed by atoms with Crippen molar-refractivity contribution >= 4 is 79.7 Å². The van der Waals surface area contributed by atoms with Crippen LogP contribution in [0.5, 0.6) is 0 Å². The van der Waals surface area contributed by atoms with Crippen molar-refractivity contribution in [1.82, 2.24) is 59.2 Å². The Morgan fingerprint density at radius 1 is 0.509 bits per heavy atom. The molecule has 2 aromatic carbocycles. The molecule has 6 saturated heterocycles. The Morgan fingerprint density at radius 2 is 0.926 bits per heavy atom. The van der Waals surface area contributed by atoms with Gasteiger partial charge in [0.05, 0.1) is 155 Å². The fourth-order valence-corrected chi connectivity index (χ4v) is 13.0. The number of rotatable bonds is 16. The summed E-state index contributed by atoms with van der Waals surface area (Å²) in [6.07, 6.45) is 17.2. The summed E-state index contributed by atoms with van der Waals surface area (Å²) < 4.78 is 3.96. The van der Waals surface area contributed by atoms with Gasteiger partial charge in [0.1, 0.15) is 52.1 Å². The molecule has 10 aromatic rings. The number of benzene rings is 2. The van der Waals surface area contributed by atoms with E-state index in [0.29, 0.717) is 31.0 Å². The van der Waals surface area contributed by atoms with Gasteiger partial charge in [-0.3, -0.25) is 15.0 Å². The number of aryl methyl sites for hydroxylation is 6. The van der Waals surface area contributed by atoms with E-state index in [1.54, 1.807) is 37.3 Å². The zero-order chi connectivity index (χ0) is 76.4. The first-order valence-electron chi connectivity index (χ1n) is 36.3. The molecule has 6 aliphatic heterocycles. The first kappa shape index (κ1) is 76.3. The van der Waals surface area contributed by atoms with Gasteiger partial charge in [-0.1, -0.05) is 88.4 Å². The number of nitrogens with zero attached hydrogens (tertiary/aromatic N) is 23. The van der Waals surface area contributed by atoms with Gasteiger partial charge < -0.3 is 50.0 Å². The molecule has 0 bridgehead atoms. The van der Waals surface area contributed by atoms with Gasteiger partial charge in [0.15, 0.2) is 0 Å². The molecule has 550 valence electrons. The third-order valence-corrected chi connectivity index (χ3v) is 20.0. The summed E-state index contributed by atoms with van der Waals surface area (Å²) in [7, 11) is 5.96. The van der Waals surface area contributed by atoms with Crippen LogP contribution in [0.25, 0.3) is 22.1 Å². The van der Waals surface area contributed by atoms with E-state index >= 15 is 0 Å². The minimum absolute atomic E-state index is 0.0528. The number of hydrogen-bond acceptors (Lipinski definition) is 25. The first-order valence-corrected chi connectivity index (χ1v) is 36.3. The van der Waals surface area contributed by atoms with Crippen LogP contribution in [-0.2, 0) is 39.8 Å². The van der Waals surface area contributed by atoms with Crippen LogP contribution < -0.4 is 40.9 Å². The minimum atomic E-state index is -0.413. The van der Waals surface area contributed by atoms with Crippen LogP contribution in [0, 0.1) is 114 Å². The second kappa shape index (κ2) is 35.8. The number of nitrogen functional groups attached to an aromatic ring is 1. The molecule has 16 rings (SSSR count). The molecular formula is C80H88N26O2. The highest BCUT2D eigenvalue weighted by molar-refractivity contribution is 5.80. The van der Waals surface area contributed by atoms with Crippen molar-refractivity contribution in [3.63, 3.8) is 0 Å². The number of anilines is 9. The highest BCUT2D eigenvalue weighted by atomic mass is 16.6. The minimum Gasteiger partial charge on any atom is -0.397 e. The lowest BCUT2D eigenvalue weighted by Crippen LogP contribution is -2.48. The summed E-state index contributed by atoms with van der Waals surface area (Å²) in [5.74, 6) is 6.13. The van der Waals surface area contributed by atoms with Crippen molar-refractivity contribution in [1.29, 1.82) is 31.6 Å². The van der Waals surface area contributed by atoms with Crippen molar-refractivity contribution in [3.8, 4) is 36.4 Å². The summed E-state index contributed by atoms with van der Waals surface area (Å²) in [5, 5.41) is 69.4. The molecule has 0 amide bonds. The van der Waals surface area contributed by atoms with Gasteiger partial charge in [-0.25, -0.2) is 39.9 Å². The van der Waals surface area contributed by atoms with Gasteiger partial charge in [-0.2, -0.15) is 31.6 Å². The summed E-state index contributed by atoms with van der Waals surface area (Å²) in [5.41, 5.74) is 19.2. The number of aromatic nitrogens is 10. The highest BCUT2D eigenvalue weighted by Gasteiger charge is 2.35. The maximum Gasteiger partial charge on any atom is 0.290 e. The molecule has 6 fully saturated rings. The summed E-state index contributed by atoms with van der Waals surface area (Å²) in [4.78, 5) is 58.3. The quantitative estimate of drug-likeness (QED) is 0.0597. The van der Waals surface area contributed by atoms with E-state index in [4.69, 9.17) is 37.3 Å². The molecule has 0 spiro atoms. The Morgan fingerprint density at radius 3 is 1.37 bits per heavy atom. The Bertz CT molecular complexity index is 4970. The van der Waals surface area contributed by atoms with Crippen LogP contribution in [0.15, 0.2) is 147 Å². The molecule has 6 aliphatic rings. The van der Waals surface area contributed by atoms with Crippen molar-refractivity contribution in [2.45, 2.75) is 59.4 Å². The maximum atomic E-state index is 10.8. The van der Waals surface area contributed by atoms with E-state index in [1.807, 2.05) is 84.8 Å². The SMILES string of the molecule is CCc1cc(N2CC(C#N)C2)ncc1N.CCc1cc(N2CC(C#N)C2)ncc1N(C)c1cc2c(cn1)ncn2C.CCc1cc(N2CC(C#N)C2)ncc1Nc1cc2c(cn1)ncn2C.CCc1cc(N2CC(C#N)C2)ncc1[N+](=O)[O-].N#CC1CN(C(c2ccccc2)c2ccccc2)C1.N#CC1CNC1. The van der Waals surface area contributed by atoms with Crippen molar-refractivity contribution < 1.29 is 4.92 Å². The van der Waals surface area contributed by atoms with E-state index in [9.17, 15) is 10.1 Å². The van der Waals surface area contributed by atoms with E-state index in [1.165, 1.54) is 28.5 Å². The lowest BCUT2D eigenvalue weighted by Gasteiger charge is -2.42. The lowest BCUT2D eigenvalue weighted by molar-refractivity contribution is -0.385. The van der Waals surface area contributed by atoms with E-state index in [-0.39, 0.29) is 41.3 Å². The zero-order valence-electron chi connectivity index (χ0n) is 61.9. The van der Waals surface area contributed by atoms with Crippen molar-refractivity contribution in [2.24, 2.45) is 49.6 Å². The largest absolute Gasteiger partial charge is 0.397 e. The van der Waals surface area contributed by atoms with E-state index < -0.39 is 4.92 Å². The molecule has 0 radical (unpaired) electrons. The number of nitriles is 6. The first-order chi connectivity index (χ1) is 52.5. The predicted molar refractivity (Wildman–Crippen MR) is 417 cm³/mol. The zero-order valence-corrected chi connectivity index (χ0v) is 61.9. The molecule has 28 nitrogen and oxygen atoms in total. The van der Waals surface area contributed by atoms with Gasteiger partial charge >= 0.3 is 0 Å². The molecular weight excluding hydrogens is 1360 g/mol. The van der Waals surface area contributed by atoms with Crippen LogP contribution in [-0.4, -0.2) is 144 Å². The number of fused-ring (bicyclic) bond motifs is 2. The fraction of sp³-hybridized carbons (Fsp3) is 0.375. The topological polar surface area (TPSA) is 368 Å². The predicted octanol–water partition coefficient (Wildman–Crippen LogP) is 10.9. The molecule has 0 aliphatic carbocycles. The molecule has 14 heterocycles. The molecule has 8 aromatic heterocycles. The molecule has 28 heteroatoms. The number of pyridine rings is 6. The standard InChI is InChI=1S/C19H21N7.C18H19N7.C17H16N2.C11H12N4O2.C11H14N4.C4H6N2/c1-4-14-5-19(26-10-13(7-20)11-26)22-9-17(14)25(3)18-6-16-15(8-21-18)23-12-24(16)2;1-3-13-4-18(25-9-12(6-19)10-25)21-7-14(13)23-17-5-16-15(8-20-17)22-11-24(16)2;18-11-14-12-19(13-14)17(15-7-3-1-4-8-15)16-9-5-2-6-10-16;1-2-9-3-11(13-5-10(9)15(16)17)14-6-8(4-12)7-14;1-2-9-3-11(14-5-10(9)13)15-6-8(4-12)7-15;5-1-4-2-6-3-4/h5-6,8-9,12-13H,4,10-11H2,1-3H3;4-5,7-8,11-12H,3,9-10H2,1-2H3,(H,20,23);1-10,14,17H,12-13H2;3,5,8H,2,6-7H2,1H3;3,5,8H,2,6-7,13H2,1H3;4,6H,2-3H2. The van der Waals surface area contributed by atoms with Crippen LogP contribution in [0.2, 0.25) is 0 Å². The Hall–Kier alpha value is -12.9. The van der Waals surface area contributed by atoms with Gasteiger partial charge in [-0.05, 0) is 77.8 Å². The smallest absolute Gasteiger partial charge is 0.290 e. The molecule has 108 heavy (non-hydrogen) atoms. The van der Waals surface area contributed by atoms with Gasteiger partial charge in [0.25, 0.3) is 5.69 Å². The Kier molecular flexibility index (Phi) is 25.2. The third kappa shape index (κ3) is 18.1. The van der Waals surface area contributed by atoms with Crippen LogP contribution in [0.4, 0.5) is 57.7 Å².